The van der Waals surface area contributed by atoms with E-state index in [9.17, 15) is 0 Å². The minimum atomic E-state index is 0.491. The van der Waals surface area contributed by atoms with Crippen molar-refractivity contribution >= 4 is 0 Å². The predicted octanol–water partition coefficient (Wildman–Crippen LogP) is 2.16. The Morgan fingerprint density at radius 3 is 2.67 bits per heavy atom. The Morgan fingerprint density at radius 2 is 2.13 bits per heavy atom. The average Bonchev–Trinajstić information content (AvgIpc) is 2.19. The van der Waals surface area contributed by atoms with Crippen LogP contribution in [0.5, 0.6) is 0 Å². The van der Waals surface area contributed by atoms with Crippen LogP contribution in [0.15, 0.2) is 24.3 Å². The minimum Gasteiger partial charge on any atom is -0.329 e. The van der Waals surface area contributed by atoms with Crippen LogP contribution in [-0.2, 0) is 6.54 Å². The van der Waals surface area contributed by atoms with Gasteiger partial charge in [0.2, 0.25) is 0 Å². The van der Waals surface area contributed by atoms with Crippen LogP contribution in [0.4, 0.5) is 0 Å². The molecule has 0 aliphatic rings. The first-order valence-corrected chi connectivity index (χ1v) is 5.63. The van der Waals surface area contributed by atoms with Gasteiger partial charge in [-0.2, -0.15) is 0 Å². The summed E-state index contributed by atoms with van der Waals surface area (Å²) in [6, 6.07) is 9.14. The van der Waals surface area contributed by atoms with Crippen LogP contribution < -0.4 is 5.73 Å². The molecule has 2 nitrogen and oxygen atoms in total. The van der Waals surface area contributed by atoms with E-state index >= 15 is 0 Å². The second kappa shape index (κ2) is 5.89. The van der Waals surface area contributed by atoms with Gasteiger partial charge in [0, 0.05) is 19.1 Å². The summed E-state index contributed by atoms with van der Waals surface area (Å²) in [5, 5.41) is 0. The van der Waals surface area contributed by atoms with E-state index in [1.807, 2.05) is 0 Å². The maximum absolute atomic E-state index is 5.73. The number of aryl methyl sites for hydroxylation is 1. The second-order valence-corrected chi connectivity index (χ2v) is 4.20. The molecule has 2 N–H and O–H groups in total. The third kappa shape index (κ3) is 3.65. The van der Waals surface area contributed by atoms with Gasteiger partial charge in [0.05, 0.1) is 0 Å². The molecule has 1 aromatic rings. The molecular formula is C13H22N2. The van der Waals surface area contributed by atoms with E-state index in [1.165, 1.54) is 11.1 Å². The summed E-state index contributed by atoms with van der Waals surface area (Å²) in [7, 11) is 2.14. The first-order chi connectivity index (χ1) is 7.17. The molecule has 0 heterocycles. The van der Waals surface area contributed by atoms with Gasteiger partial charge in [-0.25, -0.2) is 0 Å². The Bertz CT molecular complexity index is 292. The van der Waals surface area contributed by atoms with Crippen molar-refractivity contribution in [3.8, 4) is 0 Å². The molecule has 15 heavy (non-hydrogen) atoms. The van der Waals surface area contributed by atoms with E-state index in [2.05, 4.69) is 50.1 Å². The molecule has 2 heteroatoms. The first kappa shape index (κ1) is 12.2. The van der Waals surface area contributed by atoms with Gasteiger partial charge in [0.1, 0.15) is 0 Å². The van der Waals surface area contributed by atoms with Gasteiger partial charge in [0.15, 0.2) is 0 Å². The summed E-state index contributed by atoms with van der Waals surface area (Å²) in [5.74, 6) is 0. The monoisotopic (exact) mass is 206 g/mol. The van der Waals surface area contributed by atoms with Gasteiger partial charge in [0.25, 0.3) is 0 Å². The van der Waals surface area contributed by atoms with Crippen LogP contribution in [-0.4, -0.2) is 24.5 Å². The van der Waals surface area contributed by atoms with E-state index < -0.39 is 0 Å². The lowest BCUT2D eigenvalue weighted by atomic mass is 10.1. The topological polar surface area (TPSA) is 29.3 Å². The highest BCUT2D eigenvalue weighted by Crippen LogP contribution is 2.09. The van der Waals surface area contributed by atoms with E-state index in [1.54, 1.807) is 0 Å². The van der Waals surface area contributed by atoms with Crippen molar-refractivity contribution in [2.75, 3.05) is 13.6 Å². The summed E-state index contributed by atoms with van der Waals surface area (Å²) in [4.78, 5) is 2.33. The van der Waals surface area contributed by atoms with Crippen LogP contribution in [0.25, 0.3) is 0 Å². The summed E-state index contributed by atoms with van der Waals surface area (Å²) in [6.45, 7) is 6.03. The van der Waals surface area contributed by atoms with Crippen molar-refractivity contribution in [1.29, 1.82) is 0 Å². The van der Waals surface area contributed by atoms with Crippen molar-refractivity contribution in [2.45, 2.75) is 32.9 Å². The normalized spacial score (nSPS) is 13.1. The van der Waals surface area contributed by atoms with Crippen molar-refractivity contribution in [1.82, 2.24) is 4.90 Å². The molecule has 0 amide bonds. The molecule has 0 radical (unpaired) electrons. The molecule has 1 atom stereocenters. The maximum Gasteiger partial charge on any atom is 0.0234 e. The summed E-state index contributed by atoms with van der Waals surface area (Å²) in [5.41, 5.74) is 8.41. The van der Waals surface area contributed by atoms with E-state index in [4.69, 9.17) is 5.73 Å². The predicted molar refractivity (Wildman–Crippen MR) is 65.8 cm³/mol. The molecule has 1 aromatic carbocycles. The molecule has 0 bridgehead atoms. The molecule has 0 saturated heterocycles. The van der Waals surface area contributed by atoms with Crippen molar-refractivity contribution in [3.63, 3.8) is 0 Å². The highest BCUT2D eigenvalue weighted by atomic mass is 15.1. The number of rotatable bonds is 5. The van der Waals surface area contributed by atoms with Crippen molar-refractivity contribution in [3.05, 3.63) is 35.4 Å². The van der Waals surface area contributed by atoms with Crippen LogP contribution in [0.1, 0.15) is 24.5 Å². The van der Waals surface area contributed by atoms with Crippen molar-refractivity contribution in [2.24, 2.45) is 5.73 Å². The highest BCUT2D eigenvalue weighted by Gasteiger charge is 2.10. The molecule has 0 spiro atoms. The fourth-order valence-electron chi connectivity index (χ4n) is 1.89. The number of hydrogen-bond acceptors (Lipinski definition) is 2. The van der Waals surface area contributed by atoms with Gasteiger partial charge in [-0.3, -0.25) is 4.90 Å². The van der Waals surface area contributed by atoms with E-state index in [0.717, 1.165) is 19.5 Å². The Balaban J connectivity index is 2.61. The van der Waals surface area contributed by atoms with Gasteiger partial charge < -0.3 is 5.73 Å². The summed E-state index contributed by atoms with van der Waals surface area (Å²) < 4.78 is 0. The number of benzene rings is 1. The molecule has 84 valence electrons. The molecule has 1 rings (SSSR count). The van der Waals surface area contributed by atoms with Gasteiger partial charge in [-0.05, 0) is 26.0 Å². The number of hydrogen-bond donors (Lipinski definition) is 1. The van der Waals surface area contributed by atoms with Crippen LogP contribution in [0.2, 0.25) is 0 Å². The highest BCUT2D eigenvalue weighted by molar-refractivity contribution is 5.22. The van der Waals surface area contributed by atoms with Gasteiger partial charge >= 0.3 is 0 Å². The molecule has 0 aliphatic carbocycles. The smallest absolute Gasteiger partial charge is 0.0234 e. The third-order valence-electron chi connectivity index (χ3n) is 2.88. The fraction of sp³-hybridized carbons (Fsp3) is 0.538. The van der Waals surface area contributed by atoms with E-state index in [-0.39, 0.29) is 0 Å². The molecule has 1 unspecified atom stereocenters. The molecular weight excluding hydrogens is 184 g/mol. The zero-order valence-electron chi connectivity index (χ0n) is 10.0. The summed E-state index contributed by atoms with van der Waals surface area (Å²) >= 11 is 0. The van der Waals surface area contributed by atoms with Crippen LogP contribution in [0.3, 0.4) is 0 Å². The quantitative estimate of drug-likeness (QED) is 0.800. The lowest BCUT2D eigenvalue weighted by Gasteiger charge is -2.25. The molecule has 0 aliphatic heterocycles. The maximum atomic E-state index is 5.73. The fourth-order valence-corrected chi connectivity index (χ4v) is 1.89. The number of likely N-dealkylation sites (N-methyl/N-ethyl adjacent to an activating group) is 1. The molecule has 0 fully saturated rings. The van der Waals surface area contributed by atoms with E-state index in [0.29, 0.717) is 6.04 Å². The second-order valence-electron chi connectivity index (χ2n) is 4.20. The van der Waals surface area contributed by atoms with Crippen LogP contribution >= 0.6 is 0 Å². The Labute approximate surface area is 93.1 Å². The Morgan fingerprint density at radius 1 is 1.40 bits per heavy atom. The van der Waals surface area contributed by atoms with Crippen LogP contribution in [0, 0.1) is 6.92 Å². The van der Waals surface area contributed by atoms with Gasteiger partial charge in [-0.15, -0.1) is 0 Å². The standard InChI is InChI=1S/C13H22N2/c1-4-13(9-14)15(3)10-12-7-5-6-11(2)8-12/h5-8,13H,4,9-10,14H2,1-3H3. The molecule has 0 saturated carbocycles. The lowest BCUT2D eigenvalue weighted by Crippen LogP contribution is -2.36. The average molecular weight is 206 g/mol. The first-order valence-electron chi connectivity index (χ1n) is 5.63. The zero-order chi connectivity index (χ0) is 11.3. The zero-order valence-corrected chi connectivity index (χ0v) is 10.0. The van der Waals surface area contributed by atoms with Gasteiger partial charge in [-0.1, -0.05) is 36.8 Å². The largest absolute Gasteiger partial charge is 0.329 e. The Kier molecular flexibility index (Phi) is 4.79. The lowest BCUT2D eigenvalue weighted by molar-refractivity contribution is 0.233. The summed E-state index contributed by atoms with van der Waals surface area (Å²) in [6.07, 6.45) is 1.11. The third-order valence-corrected chi connectivity index (χ3v) is 2.88. The van der Waals surface area contributed by atoms with Crippen molar-refractivity contribution < 1.29 is 0 Å². The Hall–Kier alpha value is -0.860. The molecule has 0 aromatic heterocycles. The SMILES string of the molecule is CCC(CN)N(C)Cc1cccc(C)c1. The minimum absolute atomic E-state index is 0.491. The number of nitrogens with two attached hydrogens (primary N) is 1. The number of nitrogens with zero attached hydrogens (tertiary/aromatic N) is 1.